The molecule has 0 bridgehead atoms. The number of carboxylic acid groups (broad SMARTS) is 1. The Labute approximate surface area is 125 Å². The second-order valence-corrected chi connectivity index (χ2v) is 4.68. The fourth-order valence-electron chi connectivity index (χ4n) is 1.73. The molecule has 0 saturated carbocycles. The summed E-state index contributed by atoms with van der Waals surface area (Å²) in [6.45, 7) is 1.85. The number of nitrogens with two attached hydrogens (primary N) is 1. The van der Waals surface area contributed by atoms with E-state index in [-0.39, 0.29) is 16.7 Å². The van der Waals surface area contributed by atoms with E-state index in [9.17, 15) is 4.79 Å². The lowest BCUT2D eigenvalue weighted by atomic mass is 10.1. The number of hydrogen-bond acceptors (Lipinski definition) is 6. The van der Waals surface area contributed by atoms with Crippen molar-refractivity contribution in [2.75, 3.05) is 11.1 Å². The maximum Gasteiger partial charge on any atom is 0.354 e. The Balaban J connectivity index is 2.45. The SMILES string of the molecule is Cc1ccc(C(=N)C(=O)O)c(Nc2cc(Cl)nc(N)n2)c1. The first-order valence-electron chi connectivity index (χ1n) is 5.87. The van der Waals surface area contributed by atoms with Crippen molar-refractivity contribution in [3.63, 3.8) is 0 Å². The number of aryl methyl sites for hydroxylation is 1. The van der Waals surface area contributed by atoms with E-state index >= 15 is 0 Å². The van der Waals surface area contributed by atoms with Crippen molar-refractivity contribution in [1.82, 2.24) is 9.97 Å². The van der Waals surface area contributed by atoms with Crippen molar-refractivity contribution in [2.24, 2.45) is 0 Å². The number of benzene rings is 1. The second-order valence-electron chi connectivity index (χ2n) is 4.29. The zero-order chi connectivity index (χ0) is 15.6. The molecule has 0 atom stereocenters. The molecule has 0 aliphatic carbocycles. The van der Waals surface area contributed by atoms with E-state index in [1.54, 1.807) is 18.2 Å². The summed E-state index contributed by atoms with van der Waals surface area (Å²) in [6, 6.07) is 6.44. The fourth-order valence-corrected chi connectivity index (χ4v) is 1.92. The Hall–Kier alpha value is -2.67. The van der Waals surface area contributed by atoms with Crippen molar-refractivity contribution in [3.05, 3.63) is 40.5 Å². The number of carboxylic acids is 1. The monoisotopic (exact) mass is 305 g/mol. The van der Waals surface area contributed by atoms with E-state index in [1.165, 1.54) is 6.07 Å². The lowest BCUT2D eigenvalue weighted by Crippen LogP contribution is -2.15. The van der Waals surface area contributed by atoms with Gasteiger partial charge in [0.15, 0.2) is 0 Å². The van der Waals surface area contributed by atoms with E-state index in [1.807, 2.05) is 6.92 Å². The number of aliphatic carboxylic acids is 1. The molecular weight excluding hydrogens is 294 g/mol. The number of anilines is 3. The van der Waals surface area contributed by atoms with Gasteiger partial charge in [-0.2, -0.15) is 4.98 Å². The number of nitrogens with one attached hydrogen (secondary N) is 2. The van der Waals surface area contributed by atoms with Gasteiger partial charge in [0.2, 0.25) is 5.95 Å². The maximum absolute atomic E-state index is 11.0. The van der Waals surface area contributed by atoms with Crippen molar-refractivity contribution in [2.45, 2.75) is 6.92 Å². The molecule has 1 aromatic heterocycles. The summed E-state index contributed by atoms with van der Waals surface area (Å²) in [4.78, 5) is 18.7. The predicted octanol–water partition coefficient (Wildman–Crippen LogP) is 2.22. The standard InChI is InChI=1S/C13H12ClN5O2/c1-6-2-3-7(11(15)12(20)21)8(4-6)17-10-5-9(14)18-13(16)19-10/h2-5,15H,1H3,(H,20,21)(H3,16,17,18,19). The molecule has 0 aliphatic rings. The fraction of sp³-hybridized carbons (Fsp3) is 0.0769. The molecule has 2 aromatic rings. The molecule has 21 heavy (non-hydrogen) atoms. The van der Waals surface area contributed by atoms with Crippen LogP contribution in [-0.4, -0.2) is 26.8 Å². The number of nitrogen functional groups attached to an aromatic ring is 1. The highest BCUT2D eigenvalue weighted by molar-refractivity contribution is 6.42. The molecule has 0 radical (unpaired) electrons. The molecule has 2 rings (SSSR count). The van der Waals surface area contributed by atoms with E-state index < -0.39 is 11.7 Å². The van der Waals surface area contributed by atoms with E-state index in [0.717, 1.165) is 5.56 Å². The van der Waals surface area contributed by atoms with E-state index in [2.05, 4.69) is 15.3 Å². The Morgan fingerprint density at radius 2 is 2.10 bits per heavy atom. The van der Waals surface area contributed by atoms with Gasteiger partial charge >= 0.3 is 5.97 Å². The van der Waals surface area contributed by atoms with Crippen LogP contribution >= 0.6 is 11.6 Å². The summed E-state index contributed by atoms with van der Waals surface area (Å²) in [5, 5.41) is 19.7. The number of nitrogens with zero attached hydrogens (tertiary/aromatic N) is 2. The average molecular weight is 306 g/mol. The zero-order valence-electron chi connectivity index (χ0n) is 11.0. The maximum atomic E-state index is 11.0. The van der Waals surface area contributed by atoms with Crippen molar-refractivity contribution in [1.29, 1.82) is 5.41 Å². The predicted molar refractivity (Wildman–Crippen MR) is 80.4 cm³/mol. The molecule has 5 N–H and O–H groups in total. The van der Waals surface area contributed by atoms with Crippen LogP contribution in [0.1, 0.15) is 11.1 Å². The molecule has 108 valence electrons. The van der Waals surface area contributed by atoms with Crippen LogP contribution in [-0.2, 0) is 4.79 Å². The minimum atomic E-state index is -1.32. The number of halogens is 1. The van der Waals surface area contributed by atoms with Gasteiger partial charge in [0.05, 0.1) is 0 Å². The molecule has 1 heterocycles. The quantitative estimate of drug-likeness (QED) is 0.507. The van der Waals surface area contributed by atoms with Gasteiger partial charge in [0.1, 0.15) is 16.7 Å². The third-order valence-corrected chi connectivity index (χ3v) is 2.83. The van der Waals surface area contributed by atoms with Crippen LogP contribution in [0.15, 0.2) is 24.3 Å². The molecule has 0 fully saturated rings. The Morgan fingerprint density at radius 3 is 2.71 bits per heavy atom. The smallest absolute Gasteiger partial charge is 0.354 e. The highest BCUT2D eigenvalue weighted by Gasteiger charge is 2.15. The Morgan fingerprint density at radius 1 is 1.38 bits per heavy atom. The van der Waals surface area contributed by atoms with Crippen LogP contribution in [0.3, 0.4) is 0 Å². The molecule has 1 aromatic carbocycles. The summed E-state index contributed by atoms with van der Waals surface area (Å²) >= 11 is 5.79. The molecule has 0 spiro atoms. The minimum absolute atomic E-state index is 0.00693. The summed E-state index contributed by atoms with van der Waals surface area (Å²) in [5.74, 6) is -1.01. The average Bonchev–Trinajstić information content (AvgIpc) is 2.36. The molecule has 0 amide bonds. The zero-order valence-corrected chi connectivity index (χ0v) is 11.8. The van der Waals surface area contributed by atoms with Crippen LogP contribution < -0.4 is 11.1 Å². The van der Waals surface area contributed by atoms with Crippen LogP contribution in [0, 0.1) is 12.3 Å². The lowest BCUT2D eigenvalue weighted by Gasteiger charge is -2.12. The van der Waals surface area contributed by atoms with Gasteiger partial charge in [0, 0.05) is 17.3 Å². The van der Waals surface area contributed by atoms with Gasteiger partial charge < -0.3 is 16.2 Å². The normalized spacial score (nSPS) is 10.2. The molecule has 8 heteroatoms. The molecule has 0 saturated heterocycles. The van der Waals surface area contributed by atoms with E-state index in [0.29, 0.717) is 11.5 Å². The van der Waals surface area contributed by atoms with Crippen molar-refractivity contribution >= 4 is 40.7 Å². The number of carbonyl (C=O) groups is 1. The first-order valence-corrected chi connectivity index (χ1v) is 6.24. The van der Waals surface area contributed by atoms with E-state index in [4.69, 9.17) is 27.9 Å². The second kappa shape index (κ2) is 5.76. The first-order chi connectivity index (χ1) is 9.86. The van der Waals surface area contributed by atoms with Crippen molar-refractivity contribution in [3.8, 4) is 0 Å². The number of hydrogen-bond donors (Lipinski definition) is 4. The van der Waals surface area contributed by atoms with Gasteiger partial charge in [0.25, 0.3) is 0 Å². The first kappa shape index (κ1) is 14.7. The summed E-state index contributed by atoms with van der Waals surface area (Å²) < 4.78 is 0. The van der Waals surface area contributed by atoms with Crippen molar-refractivity contribution < 1.29 is 9.90 Å². The van der Waals surface area contributed by atoms with Gasteiger partial charge in [-0.1, -0.05) is 23.7 Å². The van der Waals surface area contributed by atoms with Crippen LogP contribution in [0.4, 0.5) is 17.5 Å². The Bertz CT molecular complexity index is 712. The van der Waals surface area contributed by atoms with Crippen LogP contribution in [0.5, 0.6) is 0 Å². The van der Waals surface area contributed by atoms with Crippen LogP contribution in [0.25, 0.3) is 0 Å². The lowest BCUT2D eigenvalue weighted by molar-refractivity contribution is -0.129. The summed E-state index contributed by atoms with van der Waals surface area (Å²) in [5.41, 5.74) is 6.54. The van der Waals surface area contributed by atoms with Crippen LogP contribution in [0.2, 0.25) is 5.15 Å². The highest BCUT2D eigenvalue weighted by atomic mass is 35.5. The molecular formula is C13H12ClN5O2. The minimum Gasteiger partial charge on any atom is -0.477 e. The molecule has 0 unspecified atom stereocenters. The third-order valence-electron chi connectivity index (χ3n) is 2.63. The summed E-state index contributed by atoms with van der Waals surface area (Å²) in [7, 11) is 0. The summed E-state index contributed by atoms with van der Waals surface area (Å²) in [6.07, 6.45) is 0. The third kappa shape index (κ3) is 3.46. The van der Waals surface area contributed by atoms with Gasteiger partial charge in [-0.05, 0) is 18.6 Å². The number of aromatic nitrogens is 2. The topological polar surface area (TPSA) is 125 Å². The molecule has 0 aliphatic heterocycles. The van der Waals surface area contributed by atoms with Gasteiger partial charge in [-0.15, -0.1) is 0 Å². The largest absolute Gasteiger partial charge is 0.477 e. The molecule has 7 nitrogen and oxygen atoms in total. The van der Waals surface area contributed by atoms with Gasteiger partial charge in [-0.25, -0.2) is 9.78 Å². The highest BCUT2D eigenvalue weighted by Crippen LogP contribution is 2.23. The number of rotatable bonds is 4. The Kier molecular flexibility index (Phi) is 4.04. The van der Waals surface area contributed by atoms with Gasteiger partial charge in [-0.3, -0.25) is 5.41 Å².